The van der Waals surface area contributed by atoms with Crippen LogP contribution in [-0.4, -0.2) is 91.1 Å². The highest BCUT2D eigenvalue weighted by Gasteiger charge is 2.30. The third-order valence-corrected chi connectivity index (χ3v) is 5.05. The summed E-state index contributed by atoms with van der Waals surface area (Å²) in [6, 6.07) is 7.54. The third-order valence-electron chi connectivity index (χ3n) is 4.80. The molecule has 0 saturated carbocycles. The molecule has 1 aromatic heterocycles. The summed E-state index contributed by atoms with van der Waals surface area (Å²) in [4.78, 5) is 4.40. The number of nitrogens with zero attached hydrogens (tertiary/aromatic N) is 1. The quantitative estimate of drug-likeness (QED) is 0.544. The zero-order valence-electron chi connectivity index (χ0n) is 22.7. The van der Waals surface area contributed by atoms with Crippen LogP contribution >= 0.6 is 11.6 Å². The molecule has 0 unspecified atom stereocenters. The van der Waals surface area contributed by atoms with E-state index in [0.717, 1.165) is 16.8 Å². The van der Waals surface area contributed by atoms with Crippen molar-refractivity contribution >= 4 is 97.7 Å². The van der Waals surface area contributed by atoms with Crippen LogP contribution in [0.5, 0.6) is 0 Å². The highest BCUT2D eigenvalue weighted by molar-refractivity contribution is 8.05. The van der Waals surface area contributed by atoms with Gasteiger partial charge in [-0.05, 0) is 36.2 Å². The van der Waals surface area contributed by atoms with Crippen molar-refractivity contribution in [1.29, 1.82) is 0 Å². The molecule has 0 N–H and O–H groups in total. The van der Waals surface area contributed by atoms with Crippen molar-refractivity contribution in [1.82, 2.24) is 4.98 Å². The fourth-order valence-corrected chi connectivity index (χ4v) is 3.13. The van der Waals surface area contributed by atoms with Crippen LogP contribution in [0.2, 0.25) is 5.02 Å². The van der Waals surface area contributed by atoms with Crippen molar-refractivity contribution in [2.45, 2.75) is 6.92 Å². The molecule has 1 heterocycles. The molecule has 3 aromatic rings. The molecule has 2 aromatic carbocycles. The first-order valence-corrected chi connectivity index (χ1v) is 10.2. The van der Waals surface area contributed by atoms with E-state index in [1.165, 1.54) is 0 Å². The summed E-state index contributed by atoms with van der Waals surface area (Å²) in [5.41, 5.74) is 3.08. The zero-order valence-corrected chi connectivity index (χ0v) is 18.5. The summed E-state index contributed by atoms with van der Waals surface area (Å²) in [5.74, 6) is 0. The SMILES string of the molecule is [2H]c1c([2H])c([2H])c(-c2cnc(-c3ccc(Cl)cc3)cc2C)c([2H])c1[2H].[B]B([B])B([B])B(B([B])[B])B([B])[B]. The smallest absolute Gasteiger partial charge is 0.0705 e. The van der Waals surface area contributed by atoms with Crippen LogP contribution in [0.4, 0.5) is 0 Å². The highest BCUT2D eigenvalue weighted by atomic mass is 35.5. The van der Waals surface area contributed by atoms with Crippen molar-refractivity contribution < 1.29 is 6.85 Å². The molecule has 14 heteroatoms. The van der Waals surface area contributed by atoms with Crippen LogP contribution in [0, 0.1) is 6.92 Å². The Morgan fingerprint density at radius 2 is 1.38 bits per heavy atom. The second-order valence-electron chi connectivity index (χ2n) is 7.28. The zero-order chi connectivity index (χ0) is 28.2. The minimum atomic E-state index is -0.723. The number of hydrogen-bond acceptors (Lipinski definition) is 1. The molecule has 3 rings (SSSR count). The van der Waals surface area contributed by atoms with Gasteiger partial charge in [0.2, 0.25) is 0 Å². The largest absolute Gasteiger partial charge is 0.256 e. The Morgan fingerprint density at radius 1 is 0.812 bits per heavy atom. The highest BCUT2D eigenvalue weighted by Crippen LogP contribution is 2.26. The molecule has 0 aliphatic heterocycles. The molecular formula is C18H14B12ClN. The van der Waals surface area contributed by atoms with Gasteiger partial charge in [-0.3, -0.25) is 4.98 Å². The van der Waals surface area contributed by atoms with Gasteiger partial charge in [-0.15, -0.1) is 0 Å². The van der Waals surface area contributed by atoms with Gasteiger partial charge in [0.05, 0.1) is 12.5 Å². The molecule has 14 radical (unpaired) electrons. The minimum absolute atomic E-state index is 0.165. The fourth-order valence-electron chi connectivity index (χ4n) is 3.01. The van der Waals surface area contributed by atoms with Crippen LogP contribution in [-0.2, 0) is 0 Å². The molecule has 0 spiro atoms. The number of rotatable bonds is 6. The predicted octanol–water partition coefficient (Wildman–Crippen LogP) is 0.808. The number of pyridine rings is 1. The van der Waals surface area contributed by atoms with Gasteiger partial charge in [0.25, 0.3) is 0 Å². The second kappa shape index (κ2) is 12.8. The number of benzene rings is 2. The van der Waals surface area contributed by atoms with Gasteiger partial charge in [0.1, 0.15) is 0 Å². The minimum Gasteiger partial charge on any atom is -0.256 e. The van der Waals surface area contributed by atoms with Gasteiger partial charge < -0.3 is 0 Å². The van der Waals surface area contributed by atoms with Gasteiger partial charge >= 0.3 is 0 Å². The van der Waals surface area contributed by atoms with E-state index in [9.17, 15) is 0 Å². The van der Waals surface area contributed by atoms with Crippen molar-refractivity contribution in [3.63, 3.8) is 0 Å². The summed E-state index contributed by atoms with van der Waals surface area (Å²) >= 11 is 5.90. The van der Waals surface area contributed by atoms with Crippen LogP contribution in [0.15, 0.2) is 66.7 Å². The molecular weight excluding hydrogens is 395 g/mol. The Bertz CT molecular complexity index is 1200. The summed E-state index contributed by atoms with van der Waals surface area (Å²) < 4.78 is 39.5. The molecule has 0 saturated heterocycles. The van der Waals surface area contributed by atoms with E-state index in [0.29, 0.717) is 10.6 Å². The second-order valence-corrected chi connectivity index (χ2v) is 7.71. The summed E-state index contributed by atoms with van der Waals surface area (Å²) in [6.07, 6.45) is -1.67. The van der Waals surface area contributed by atoms with Crippen LogP contribution < -0.4 is 0 Å². The molecule has 0 bridgehead atoms. The van der Waals surface area contributed by atoms with Crippen molar-refractivity contribution in [2.75, 3.05) is 0 Å². The molecule has 1 nitrogen and oxygen atoms in total. The van der Waals surface area contributed by atoms with E-state index in [1.807, 2.05) is 25.1 Å². The first kappa shape index (κ1) is 20.1. The predicted molar refractivity (Wildman–Crippen MR) is 154 cm³/mol. The van der Waals surface area contributed by atoms with Crippen molar-refractivity contribution in [2.24, 2.45) is 0 Å². The van der Waals surface area contributed by atoms with Crippen LogP contribution in [0.1, 0.15) is 12.4 Å². The Kier molecular flexibility index (Phi) is 8.01. The lowest BCUT2D eigenvalue weighted by molar-refractivity contribution is 1.29. The van der Waals surface area contributed by atoms with Gasteiger partial charge in [-0.2, -0.15) is 0 Å². The van der Waals surface area contributed by atoms with E-state index in [1.54, 1.807) is 18.3 Å². The standard InChI is InChI=1S/C18H14ClN.B12/c1-13-11-18(15-7-9-16(19)10-8-15)20-12-17(13)14-5-3-2-4-6-14;1-8(2)11(7)12(9(3)4)10(5)6/h2-12H,1H3;/i2D,3D,4D,5D,6D;. The monoisotopic (exact) mass is 416 g/mol. The van der Waals surface area contributed by atoms with E-state index in [-0.39, 0.29) is 29.7 Å². The first-order chi connectivity index (χ1) is 17.2. The Hall–Kier alpha value is -1.34. The molecule has 0 aliphatic carbocycles. The van der Waals surface area contributed by atoms with Crippen LogP contribution in [0.3, 0.4) is 0 Å². The Balaban J connectivity index is 0.000000341. The number of hydrogen-bond donors (Lipinski definition) is 0. The molecule has 134 valence electrons. The molecule has 0 aliphatic rings. The molecule has 0 fully saturated rings. The van der Waals surface area contributed by atoms with E-state index < -0.39 is 38.0 Å². The number of aromatic nitrogens is 1. The third kappa shape index (κ3) is 7.61. The van der Waals surface area contributed by atoms with Crippen molar-refractivity contribution in [3.8, 4) is 22.4 Å². The molecule has 0 amide bonds. The van der Waals surface area contributed by atoms with Gasteiger partial charge in [0, 0.05) is 108 Å². The Morgan fingerprint density at radius 3 is 1.81 bits per heavy atom. The topological polar surface area (TPSA) is 12.9 Å². The average Bonchev–Trinajstić information content (AvgIpc) is 2.83. The van der Waals surface area contributed by atoms with Crippen LogP contribution in [0.25, 0.3) is 22.4 Å². The lowest BCUT2D eigenvalue weighted by atomic mass is 8.53. The number of aryl methyl sites for hydroxylation is 1. The lowest BCUT2D eigenvalue weighted by Gasteiger charge is -2.29. The molecule has 32 heavy (non-hydrogen) atoms. The van der Waals surface area contributed by atoms with Crippen molar-refractivity contribution in [3.05, 3.63) is 77.3 Å². The lowest BCUT2D eigenvalue weighted by Crippen LogP contribution is -2.67. The van der Waals surface area contributed by atoms with E-state index in [2.05, 4.69) is 4.98 Å². The normalized spacial score (nSPS) is 12.0. The fraction of sp³-hybridized carbons (Fsp3) is 0.0556. The van der Waals surface area contributed by atoms with Gasteiger partial charge in [-0.25, -0.2) is 0 Å². The summed E-state index contributed by atoms with van der Waals surface area (Å²) in [5, 5.41) is 0.635. The maximum atomic E-state index is 8.10. The van der Waals surface area contributed by atoms with Gasteiger partial charge in [-0.1, -0.05) is 53.9 Å². The average molecular weight is 415 g/mol. The molecule has 0 atom stereocenters. The number of halogens is 1. The summed E-state index contributed by atoms with van der Waals surface area (Å²) in [7, 11) is 37.9. The first-order valence-electron chi connectivity index (χ1n) is 12.3. The van der Waals surface area contributed by atoms with E-state index >= 15 is 0 Å². The maximum absolute atomic E-state index is 8.10. The van der Waals surface area contributed by atoms with Gasteiger partial charge in [0.15, 0.2) is 0 Å². The summed E-state index contributed by atoms with van der Waals surface area (Å²) in [6.45, 7) is 1.83. The van der Waals surface area contributed by atoms with E-state index in [4.69, 9.17) is 72.6 Å². The maximum Gasteiger partial charge on any atom is 0.0705 e. The Labute approximate surface area is 215 Å².